The first kappa shape index (κ1) is 20.5. The fraction of sp³-hybridized carbons (Fsp3) is 0.435. The third kappa shape index (κ3) is 6.16. The van der Waals surface area contributed by atoms with Crippen LogP contribution < -0.4 is 5.32 Å². The highest BCUT2D eigenvalue weighted by atomic mass is 16.5. The topological polar surface area (TPSA) is 44.8 Å². The van der Waals surface area contributed by atoms with E-state index in [1.165, 1.54) is 11.1 Å². The molecule has 1 heterocycles. The molecule has 0 aliphatic carbocycles. The molecule has 0 unspecified atom stereocenters. The number of carbonyl (C=O) groups excluding carboxylic acids is 1. The van der Waals surface area contributed by atoms with E-state index in [1.54, 1.807) is 0 Å². The summed E-state index contributed by atoms with van der Waals surface area (Å²) in [5, 5.41) is 2.87. The standard InChI is InChI=1S/C23H31N3O2/c1-2-24-22(27)19-26-15-13-25(14-16-26)17-18-28-23(20-9-5-3-6-10-20)21-11-7-4-8-12-21/h3-12,23H,2,13-19H2,1H3,(H,24,27). The van der Waals surface area contributed by atoms with Crippen molar-refractivity contribution in [2.45, 2.75) is 13.0 Å². The molecule has 2 aromatic carbocycles. The average Bonchev–Trinajstić information content (AvgIpc) is 2.74. The molecule has 1 aliphatic rings. The summed E-state index contributed by atoms with van der Waals surface area (Å²) in [6, 6.07) is 20.8. The Morgan fingerprint density at radius 1 is 0.929 bits per heavy atom. The number of hydrogen-bond acceptors (Lipinski definition) is 4. The molecule has 1 amide bonds. The average molecular weight is 382 g/mol. The van der Waals surface area contributed by atoms with Gasteiger partial charge in [-0.3, -0.25) is 14.6 Å². The molecule has 1 N–H and O–H groups in total. The summed E-state index contributed by atoms with van der Waals surface area (Å²) in [6.45, 7) is 8.55. The van der Waals surface area contributed by atoms with Crippen LogP contribution in [-0.2, 0) is 9.53 Å². The molecule has 150 valence electrons. The molecule has 0 saturated carbocycles. The van der Waals surface area contributed by atoms with E-state index in [0.29, 0.717) is 19.7 Å². The molecule has 5 heteroatoms. The smallest absolute Gasteiger partial charge is 0.234 e. The lowest BCUT2D eigenvalue weighted by atomic mass is 10.0. The van der Waals surface area contributed by atoms with Crippen molar-refractivity contribution in [2.75, 3.05) is 52.4 Å². The molecule has 3 rings (SSSR count). The number of nitrogens with zero attached hydrogens (tertiary/aromatic N) is 2. The summed E-state index contributed by atoms with van der Waals surface area (Å²) in [5.41, 5.74) is 2.36. The van der Waals surface area contributed by atoms with Gasteiger partial charge in [0.2, 0.25) is 5.91 Å². The van der Waals surface area contributed by atoms with Gasteiger partial charge in [0.1, 0.15) is 6.10 Å². The van der Waals surface area contributed by atoms with E-state index >= 15 is 0 Å². The summed E-state index contributed by atoms with van der Waals surface area (Å²) in [4.78, 5) is 16.4. The second-order valence-electron chi connectivity index (χ2n) is 7.14. The summed E-state index contributed by atoms with van der Waals surface area (Å²) in [5.74, 6) is 0.118. The minimum absolute atomic E-state index is 0.0403. The molecule has 1 fully saturated rings. The van der Waals surface area contributed by atoms with Gasteiger partial charge in [0.05, 0.1) is 13.2 Å². The fourth-order valence-electron chi connectivity index (χ4n) is 3.57. The lowest BCUT2D eigenvalue weighted by molar-refractivity contribution is -0.122. The molecule has 0 aromatic heterocycles. The van der Waals surface area contributed by atoms with E-state index < -0.39 is 0 Å². The van der Waals surface area contributed by atoms with Crippen molar-refractivity contribution < 1.29 is 9.53 Å². The van der Waals surface area contributed by atoms with E-state index in [2.05, 4.69) is 63.6 Å². The highest BCUT2D eigenvalue weighted by Gasteiger charge is 2.19. The monoisotopic (exact) mass is 381 g/mol. The van der Waals surface area contributed by atoms with Crippen molar-refractivity contribution in [1.29, 1.82) is 0 Å². The largest absolute Gasteiger partial charge is 0.367 e. The molecule has 5 nitrogen and oxygen atoms in total. The summed E-state index contributed by atoms with van der Waals surface area (Å²) in [6.07, 6.45) is -0.0403. The van der Waals surface area contributed by atoms with Crippen molar-refractivity contribution in [3.05, 3.63) is 71.8 Å². The van der Waals surface area contributed by atoms with Crippen molar-refractivity contribution in [1.82, 2.24) is 15.1 Å². The molecule has 0 spiro atoms. The van der Waals surface area contributed by atoms with E-state index in [-0.39, 0.29) is 12.0 Å². The van der Waals surface area contributed by atoms with Crippen LogP contribution in [0, 0.1) is 0 Å². The zero-order chi connectivity index (χ0) is 19.6. The lowest BCUT2D eigenvalue weighted by Gasteiger charge is -2.34. The van der Waals surface area contributed by atoms with Crippen molar-refractivity contribution in [3.8, 4) is 0 Å². The van der Waals surface area contributed by atoms with Crippen molar-refractivity contribution >= 4 is 5.91 Å². The van der Waals surface area contributed by atoms with Crippen LogP contribution in [0.1, 0.15) is 24.2 Å². The van der Waals surface area contributed by atoms with E-state index in [4.69, 9.17) is 4.74 Å². The Kier molecular flexibility index (Phi) is 8.03. The van der Waals surface area contributed by atoms with Gasteiger partial charge >= 0.3 is 0 Å². The van der Waals surface area contributed by atoms with Gasteiger partial charge in [-0.15, -0.1) is 0 Å². The number of carbonyl (C=O) groups is 1. The quantitative estimate of drug-likeness (QED) is 0.725. The Morgan fingerprint density at radius 3 is 2.00 bits per heavy atom. The van der Waals surface area contributed by atoms with Crippen LogP contribution in [0.4, 0.5) is 0 Å². The highest BCUT2D eigenvalue weighted by Crippen LogP contribution is 2.25. The van der Waals surface area contributed by atoms with Gasteiger partial charge in [-0.25, -0.2) is 0 Å². The molecule has 0 atom stereocenters. The number of amides is 1. The predicted molar refractivity (Wildman–Crippen MR) is 112 cm³/mol. The molecule has 0 radical (unpaired) electrons. The first-order chi connectivity index (χ1) is 13.8. The number of nitrogens with one attached hydrogen (secondary N) is 1. The maximum atomic E-state index is 11.7. The number of piperazine rings is 1. The van der Waals surface area contributed by atoms with Gasteiger partial charge in [-0.05, 0) is 18.1 Å². The number of ether oxygens (including phenoxy) is 1. The zero-order valence-electron chi connectivity index (χ0n) is 16.7. The van der Waals surface area contributed by atoms with Gasteiger partial charge in [0.15, 0.2) is 0 Å². The maximum absolute atomic E-state index is 11.7. The predicted octanol–water partition coefficient (Wildman–Crippen LogP) is 2.55. The first-order valence-electron chi connectivity index (χ1n) is 10.2. The number of hydrogen-bond donors (Lipinski definition) is 1. The Hall–Kier alpha value is -2.21. The SMILES string of the molecule is CCNC(=O)CN1CCN(CCOC(c2ccccc2)c2ccccc2)CC1. The minimum Gasteiger partial charge on any atom is -0.367 e. The second kappa shape index (κ2) is 11.0. The fourth-order valence-corrected chi connectivity index (χ4v) is 3.57. The Bertz CT molecular complexity index is 661. The van der Waals surface area contributed by atoms with E-state index in [0.717, 1.165) is 32.7 Å². The van der Waals surface area contributed by atoms with E-state index in [1.807, 2.05) is 19.1 Å². The first-order valence-corrected chi connectivity index (χ1v) is 10.2. The van der Waals surface area contributed by atoms with Crippen LogP contribution >= 0.6 is 0 Å². The van der Waals surface area contributed by atoms with Gasteiger partial charge in [-0.1, -0.05) is 60.7 Å². The molecular weight excluding hydrogens is 350 g/mol. The van der Waals surface area contributed by atoms with E-state index in [9.17, 15) is 4.79 Å². The second-order valence-corrected chi connectivity index (χ2v) is 7.14. The molecule has 28 heavy (non-hydrogen) atoms. The molecule has 0 bridgehead atoms. The minimum atomic E-state index is -0.0403. The Labute approximate surface area is 168 Å². The molecular formula is C23H31N3O2. The van der Waals surface area contributed by atoms with Crippen LogP contribution in [0.2, 0.25) is 0 Å². The van der Waals surface area contributed by atoms with Crippen LogP contribution in [-0.4, -0.2) is 68.1 Å². The number of rotatable bonds is 9. The highest BCUT2D eigenvalue weighted by molar-refractivity contribution is 5.77. The number of likely N-dealkylation sites (N-methyl/N-ethyl adjacent to an activating group) is 1. The number of benzene rings is 2. The Morgan fingerprint density at radius 2 is 1.46 bits per heavy atom. The van der Waals surface area contributed by atoms with Gasteiger partial charge in [0.25, 0.3) is 0 Å². The van der Waals surface area contributed by atoms with Crippen molar-refractivity contribution in [3.63, 3.8) is 0 Å². The molecule has 1 saturated heterocycles. The third-order valence-corrected chi connectivity index (χ3v) is 5.10. The van der Waals surface area contributed by atoms with Gasteiger partial charge in [0, 0.05) is 39.3 Å². The Balaban J connectivity index is 1.47. The third-order valence-electron chi connectivity index (χ3n) is 5.10. The van der Waals surface area contributed by atoms with Crippen molar-refractivity contribution in [2.24, 2.45) is 0 Å². The maximum Gasteiger partial charge on any atom is 0.234 e. The van der Waals surface area contributed by atoms with Gasteiger partial charge < -0.3 is 10.1 Å². The molecule has 2 aromatic rings. The van der Waals surface area contributed by atoms with Crippen LogP contribution in [0.15, 0.2) is 60.7 Å². The van der Waals surface area contributed by atoms with Crippen LogP contribution in [0.3, 0.4) is 0 Å². The van der Waals surface area contributed by atoms with Crippen LogP contribution in [0.25, 0.3) is 0 Å². The molecule has 1 aliphatic heterocycles. The zero-order valence-corrected chi connectivity index (χ0v) is 16.7. The lowest BCUT2D eigenvalue weighted by Crippen LogP contribution is -2.50. The normalized spacial score (nSPS) is 15.6. The van der Waals surface area contributed by atoms with Gasteiger partial charge in [-0.2, -0.15) is 0 Å². The summed E-state index contributed by atoms with van der Waals surface area (Å²) in [7, 11) is 0. The summed E-state index contributed by atoms with van der Waals surface area (Å²) < 4.78 is 6.32. The van der Waals surface area contributed by atoms with Crippen LogP contribution in [0.5, 0.6) is 0 Å². The summed E-state index contributed by atoms with van der Waals surface area (Å²) >= 11 is 0.